The highest BCUT2D eigenvalue weighted by Gasteiger charge is 2.07. The number of rotatable bonds is 3. The smallest absolute Gasteiger partial charge is 0.227 e. The van der Waals surface area contributed by atoms with Crippen LogP contribution in [0.1, 0.15) is 12.7 Å². The maximum atomic E-state index is 11.2. The summed E-state index contributed by atoms with van der Waals surface area (Å²) in [5.41, 5.74) is -0.414. The zero-order valence-corrected chi connectivity index (χ0v) is 7.56. The third kappa shape index (κ3) is 2.34. The minimum Gasteiger partial charge on any atom is -0.469 e. The fourth-order valence-corrected chi connectivity index (χ4v) is 0.824. The Labute approximate surface area is 80.2 Å². The first-order chi connectivity index (χ1) is 6.67. The van der Waals surface area contributed by atoms with E-state index in [1.165, 1.54) is 6.92 Å². The van der Waals surface area contributed by atoms with Gasteiger partial charge in [0.25, 0.3) is 0 Å². The molecule has 1 heterocycles. The van der Waals surface area contributed by atoms with Crippen molar-refractivity contribution in [1.82, 2.24) is 0 Å². The summed E-state index contributed by atoms with van der Waals surface area (Å²) in [5.74, 6) is 0.128. The molecular formula is C9H9NO4. The van der Waals surface area contributed by atoms with Crippen LogP contribution < -0.4 is 10.2 Å². The molecule has 0 saturated heterocycles. The molecule has 1 unspecified atom stereocenters. The maximum Gasteiger partial charge on any atom is 0.227 e. The second kappa shape index (κ2) is 4.44. The van der Waals surface area contributed by atoms with Crippen LogP contribution in [0.15, 0.2) is 21.5 Å². The third-order valence-electron chi connectivity index (χ3n) is 1.49. The van der Waals surface area contributed by atoms with Gasteiger partial charge in [-0.05, 0) is 6.92 Å². The number of aliphatic hydroxyl groups excluding tert-OH is 1. The fourth-order valence-electron chi connectivity index (χ4n) is 0.824. The summed E-state index contributed by atoms with van der Waals surface area (Å²) in [4.78, 5) is 11.2. The Hall–Kier alpha value is -1.80. The van der Waals surface area contributed by atoms with E-state index in [0.717, 1.165) is 12.3 Å². The first kappa shape index (κ1) is 10.3. The van der Waals surface area contributed by atoms with Gasteiger partial charge in [0.2, 0.25) is 11.2 Å². The Kier molecular flexibility index (Phi) is 3.26. The van der Waals surface area contributed by atoms with Crippen molar-refractivity contribution in [2.45, 2.75) is 19.6 Å². The number of hydrogen-bond acceptors (Lipinski definition) is 5. The van der Waals surface area contributed by atoms with Crippen LogP contribution >= 0.6 is 0 Å². The Bertz CT molecular complexity index is 404. The summed E-state index contributed by atoms with van der Waals surface area (Å²) in [5, 5.41) is 17.1. The predicted molar refractivity (Wildman–Crippen MR) is 46.6 cm³/mol. The molecule has 1 aromatic heterocycles. The maximum absolute atomic E-state index is 11.2. The molecule has 0 aliphatic carbocycles. The van der Waals surface area contributed by atoms with Crippen LogP contribution in [-0.2, 0) is 6.61 Å². The van der Waals surface area contributed by atoms with Crippen molar-refractivity contribution in [1.29, 1.82) is 5.26 Å². The first-order valence-corrected chi connectivity index (χ1v) is 3.96. The summed E-state index contributed by atoms with van der Waals surface area (Å²) in [6.07, 6.45) is 0.375. The van der Waals surface area contributed by atoms with E-state index in [9.17, 15) is 4.79 Å². The Balaban J connectivity index is 2.91. The first-order valence-electron chi connectivity index (χ1n) is 3.96. The highest BCUT2D eigenvalue weighted by Crippen LogP contribution is 2.07. The van der Waals surface area contributed by atoms with Crippen LogP contribution in [0.25, 0.3) is 0 Å². The molecule has 1 rings (SSSR count). The second-order valence-electron chi connectivity index (χ2n) is 2.62. The molecule has 1 N–H and O–H groups in total. The van der Waals surface area contributed by atoms with Crippen LogP contribution in [0, 0.1) is 11.3 Å². The fraction of sp³-hybridized carbons (Fsp3) is 0.333. The molecule has 0 bridgehead atoms. The molecule has 0 spiro atoms. The second-order valence-corrected chi connectivity index (χ2v) is 2.62. The number of nitriles is 1. The topological polar surface area (TPSA) is 83.5 Å². The Morgan fingerprint density at radius 2 is 2.50 bits per heavy atom. The zero-order valence-electron chi connectivity index (χ0n) is 7.56. The lowest BCUT2D eigenvalue weighted by molar-refractivity contribution is 0.231. The Morgan fingerprint density at radius 3 is 3.00 bits per heavy atom. The molecule has 0 fully saturated rings. The van der Waals surface area contributed by atoms with Gasteiger partial charge in [-0.3, -0.25) is 4.79 Å². The van der Waals surface area contributed by atoms with E-state index < -0.39 is 11.5 Å². The zero-order chi connectivity index (χ0) is 10.6. The van der Waals surface area contributed by atoms with E-state index in [1.54, 1.807) is 0 Å². The van der Waals surface area contributed by atoms with Crippen LogP contribution in [0.3, 0.4) is 0 Å². The van der Waals surface area contributed by atoms with Gasteiger partial charge in [0.15, 0.2) is 6.10 Å². The Morgan fingerprint density at radius 1 is 1.79 bits per heavy atom. The lowest BCUT2D eigenvalue weighted by atomic mass is 10.3. The van der Waals surface area contributed by atoms with Crippen LogP contribution in [0.2, 0.25) is 0 Å². The van der Waals surface area contributed by atoms with Crippen molar-refractivity contribution < 1.29 is 14.3 Å². The largest absolute Gasteiger partial charge is 0.469 e. The SMILES string of the molecule is CC(C#N)Oc1coc(CO)cc1=O. The highest BCUT2D eigenvalue weighted by molar-refractivity contribution is 5.18. The van der Waals surface area contributed by atoms with Gasteiger partial charge in [-0.1, -0.05) is 0 Å². The number of nitrogens with zero attached hydrogens (tertiary/aromatic N) is 1. The summed E-state index contributed by atoms with van der Waals surface area (Å²) >= 11 is 0. The van der Waals surface area contributed by atoms with Gasteiger partial charge in [-0.25, -0.2) is 0 Å². The van der Waals surface area contributed by atoms with Crippen molar-refractivity contribution in [3.05, 3.63) is 28.3 Å². The average molecular weight is 195 g/mol. The van der Waals surface area contributed by atoms with E-state index in [2.05, 4.69) is 0 Å². The van der Waals surface area contributed by atoms with E-state index in [-0.39, 0.29) is 18.1 Å². The van der Waals surface area contributed by atoms with Crippen molar-refractivity contribution in [2.75, 3.05) is 0 Å². The van der Waals surface area contributed by atoms with E-state index in [4.69, 9.17) is 19.5 Å². The molecule has 1 atom stereocenters. The average Bonchev–Trinajstić information content (AvgIpc) is 2.20. The molecule has 0 saturated carbocycles. The lowest BCUT2D eigenvalue weighted by Crippen LogP contribution is -2.14. The number of aliphatic hydroxyl groups is 1. The molecular weight excluding hydrogens is 186 g/mol. The molecule has 5 nitrogen and oxygen atoms in total. The summed E-state index contributed by atoms with van der Waals surface area (Å²) in [6.45, 7) is 1.17. The van der Waals surface area contributed by atoms with E-state index in [0.29, 0.717) is 0 Å². The van der Waals surface area contributed by atoms with Gasteiger partial charge < -0.3 is 14.3 Å². The van der Waals surface area contributed by atoms with Crippen molar-refractivity contribution in [2.24, 2.45) is 0 Å². The van der Waals surface area contributed by atoms with Crippen LogP contribution in [0.5, 0.6) is 5.75 Å². The van der Waals surface area contributed by atoms with Gasteiger partial charge in [-0.15, -0.1) is 0 Å². The summed E-state index contributed by atoms with van der Waals surface area (Å²) < 4.78 is 9.79. The van der Waals surface area contributed by atoms with Crippen molar-refractivity contribution in [3.63, 3.8) is 0 Å². The molecule has 0 amide bonds. The van der Waals surface area contributed by atoms with Gasteiger partial charge in [0, 0.05) is 6.07 Å². The minimum atomic E-state index is -0.710. The summed E-state index contributed by atoms with van der Waals surface area (Å²) in [6, 6.07) is 2.94. The number of hydrogen-bond donors (Lipinski definition) is 1. The van der Waals surface area contributed by atoms with Gasteiger partial charge >= 0.3 is 0 Å². The van der Waals surface area contributed by atoms with E-state index >= 15 is 0 Å². The predicted octanol–water partition coefficient (Wildman–Crippen LogP) is 0.423. The quantitative estimate of drug-likeness (QED) is 0.755. The normalized spacial score (nSPS) is 11.8. The van der Waals surface area contributed by atoms with E-state index in [1.807, 2.05) is 6.07 Å². The van der Waals surface area contributed by atoms with Crippen LogP contribution in [0.4, 0.5) is 0 Å². The monoisotopic (exact) mass is 195 g/mol. The standard InChI is InChI=1S/C9H9NO4/c1-6(3-10)14-9-5-13-7(4-11)2-8(9)12/h2,5-6,11H,4H2,1H3. The summed E-state index contributed by atoms with van der Waals surface area (Å²) in [7, 11) is 0. The van der Waals surface area contributed by atoms with Crippen molar-refractivity contribution in [3.8, 4) is 11.8 Å². The molecule has 14 heavy (non-hydrogen) atoms. The lowest BCUT2D eigenvalue weighted by Gasteiger charge is -2.05. The molecule has 0 aliphatic rings. The third-order valence-corrected chi connectivity index (χ3v) is 1.49. The van der Waals surface area contributed by atoms with Gasteiger partial charge in [0.1, 0.15) is 24.7 Å². The van der Waals surface area contributed by atoms with Crippen molar-refractivity contribution >= 4 is 0 Å². The molecule has 0 aliphatic heterocycles. The molecule has 0 aromatic carbocycles. The molecule has 74 valence electrons. The van der Waals surface area contributed by atoms with Gasteiger partial charge in [-0.2, -0.15) is 5.26 Å². The molecule has 0 radical (unpaired) electrons. The van der Waals surface area contributed by atoms with Crippen LogP contribution in [-0.4, -0.2) is 11.2 Å². The highest BCUT2D eigenvalue weighted by atomic mass is 16.5. The molecule has 5 heteroatoms. The minimum absolute atomic E-state index is 0.0312. The number of ether oxygens (including phenoxy) is 1. The molecule has 1 aromatic rings. The van der Waals surface area contributed by atoms with Gasteiger partial charge in [0.05, 0.1) is 0 Å².